The van der Waals surface area contributed by atoms with Crippen LogP contribution in [0, 0.1) is 0 Å². The van der Waals surface area contributed by atoms with E-state index in [1.807, 2.05) is 42.5 Å². The van der Waals surface area contributed by atoms with Crippen LogP contribution >= 0.6 is 0 Å². The summed E-state index contributed by atoms with van der Waals surface area (Å²) in [6, 6.07) is 23.9. The van der Waals surface area contributed by atoms with Crippen LogP contribution in [0.5, 0.6) is 0 Å². The van der Waals surface area contributed by atoms with Crippen molar-refractivity contribution >= 4 is 28.5 Å². The first-order valence-corrected chi connectivity index (χ1v) is 8.29. The molecular weight excluding hydrogens is 326 g/mol. The van der Waals surface area contributed by atoms with Crippen molar-refractivity contribution < 1.29 is 14.0 Å². The first-order valence-electron chi connectivity index (χ1n) is 8.29. The molecule has 2 heterocycles. The van der Waals surface area contributed by atoms with Crippen LogP contribution in [0.4, 0.5) is 5.69 Å². The highest BCUT2D eigenvalue weighted by atomic mass is 16.3. The molecule has 4 aromatic rings. The van der Waals surface area contributed by atoms with E-state index in [4.69, 9.17) is 4.42 Å². The predicted octanol–water partition coefficient (Wildman–Crippen LogP) is 4.90. The molecule has 1 aliphatic heterocycles. The summed E-state index contributed by atoms with van der Waals surface area (Å²) in [5, 5.41) is 1.03. The van der Waals surface area contributed by atoms with Gasteiger partial charge in [-0.25, -0.2) is 4.90 Å². The third kappa shape index (κ3) is 2.09. The summed E-state index contributed by atoms with van der Waals surface area (Å²) >= 11 is 0. The van der Waals surface area contributed by atoms with Crippen molar-refractivity contribution in [2.24, 2.45) is 0 Å². The minimum atomic E-state index is -0.290. The summed E-state index contributed by atoms with van der Waals surface area (Å²) in [6.45, 7) is 0. The number of anilines is 1. The molecule has 0 saturated heterocycles. The molecule has 0 fully saturated rings. The van der Waals surface area contributed by atoms with Gasteiger partial charge in [0.25, 0.3) is 11.8 Å². The van der Waals surface area contributed by atoms with Gasteiger partial charge >= 0.3 is 0 Å². The third-order valence-corrected chi connectivity index (χ3v) is 4.63. The standard InChI is InChI=1S/C22H13NO3/c24-21-17-6-2-3-7-18(17)22(25)23(21)16-11-9-14(10-12-16)20-13-15-5-1-4-8-19(15)26-20/h1-13H. The number of hydrogen-bond donors (Lipinski definition) is 0. The zero-order valence-corrected chi connectivity index (χ0v) is 13.7. The van der Waals surface area contributed by atoms with Crippen molar-refractivity contribution in [3.05, 3.63) is 90.0 Å². The Morgan fingerprint density at radius 2 is 1.31 bits per heavy atom. The average Bonchev–Trinajstić information content (AvgIpc) is 3.22. The minimum absolute atomic E-state index is 0.290. The molecule has 0 aliphatic carbocycles. The largest absolute Gasteiger partial charge is 0.456 e. The minimum Gasteiger partial charge on any atom is -0.456 e. The molecule has 4 heteroatoms. The number of rotatable bonds is 2. The number of hydrogen-bond acceptors (Lipinski definition) is 3. The molecule has 124 valence electrons. The number of imide groups is 1. The highest BCUT2D eigenvalue weighted by Gasteiger charge is 2.36. The number of fused-ring (bicyclic) bond motifs is 2. The van der Waals surface area contributed by atoms with Gasteiger partial charge in [0.15, 0.2) is 0 Å². The van der Waals surface area contributed by atoms with E-state index in [1.54, 1.807) is 36.4 Å². The summed E-state index contributed by atoms with van der Waals surface area (Å²) in [5.74, 6) is 0.171. The first kappa shape index (κ1) is 14.7. The topological polar surface area (TPSA) is 50.5 Å². The monoisotopic (exact) mass is 339 g/mol. The number of furan rings is 1. The Labute approximate surface area is 149 Å². The summed E-state index contributed by atoms with van der Waals surface area (Å²) in [6.07, 6.45) is 0. The molecule has 0 unspecified atom stereocenters. The maximum atomic E-state index is 12.6. The molecule has 0 N–H and O–H groups in total. The van der Waals surface area contributed by atoms with E-state index in [9.17, 15) is 9.59 Å². The Bertz CT molecular complexity index is 1100. The zero-order chi connectivity index (χ0) is 17.7. The molecule has 2 amide bonds. The molecule has 0 bridgehead atoms. The lowest BCUT2D eigenvalue weighted by atomic mass is 10.1. The third-order valence-electron chi connectivity index (χ3n) is 4.63. The van der Waals surface area contributed by atoms with Crippen molar-refractivity contribution in [2.45, 2.75) is 0 Å². The summed E-state index contributed by atoms with van der Waals surface area (Å²) in [4.78, 5) is 26.3. The molecule has 0 atom stereocenters. The second kappa shape index (κ2) is 5.43. The lowest BCUT2D eigenvalue weighted by molar-refractivity contribution is 0.0926. The molecule has 0 saturated carbocycles. The van der Waals surface area contributed by atoms with Crippen LogP contribution in [-0.2, 0) is 0 Å². The molecule has 5 rings (SSSR count). The maximum Gasteiger partial charge on any atom is 0.266 e. The van der Waals surface area contributed by atoms with Crippen LogP contribution in [0.25, 0.3) is 22.3 Å². The number of amides is 2. The van der Waals surface area contributed by atoms with Gasteiger partial charge in [-0.3, -0.25) is 9.59 Å². The van der Waals surface area contributed by atoms with Crippen LogP contribution in [0.2, 0.25) is 0 Å². The van der Waals surface area contributed by atoms with Crippen LogP contribution in [0.3, 0.4) is 0 Å². The van der Waals surface area contributed by atoms with Crippen molar-refractivity contribution in [1.82, 2.24) is 0 Å². The van der Waals surface area contributed by atoms with Gasteiger partial charge < -0.3 is 4.42 Å². The van der Waals surface area contributed by atoms with Gasteiger partial charge in [-0.1, -0.05) is 30.3 Å². The number of carbonyl (C=O) groups excluding carboxylic acids is 2. The highest BCUT2D eigenvalue weighted by molar-refractivity contribution is 6.34. The summed E-state index contributed by atoms with van der Waals surface area (Å²) < 4.78 is 5.86. The fraction of sp³-hybridized carbons (Fsp3) is 0. The van der Waals surface area contributed by atoms with Crippen LogP contribution in [0.15, 0.2) is 83.3 Å². The van der Waals surface area contributed by atoms with Crippen molar-refractivity contribution in [3.8, 4) is 11.3 Å². The Kier molecular flexibility index (Phi) is 3.06. The van der Waals surface area contributed by atoms with Crippen molar-refractivity contribution in [3.63, 3.8) is 0 Å². The molecule has 0 spiro atoms. The Balaban J connectivity index is 1.51. The van der Waals surface area contributed by atoms with Crippen molar-refractivity contribution in [1.29, 1.82) is 0 Å². The first-order chi connectivity index (χ1) is 12.7. The lowest BCUT2D eigenvalue weighted by Crippen LogP contribution is -2.29. The molecular formula is C22H13NO3. The van der Waals surface area contributed by atoms with E-state index in [2.05, 4.69) is 0 Å². The number of carbonyl (C=O) groups is 2. The van der Waals surface area contributed by atoms with Gasteiger partial charge in [-0.2, -0.15) is 0 Å². The van der Waals surface area contributed by atoms with Gasteiger partial charge in [-0.15, -0.1) is 0 Å². The molecule has 1 aliphatic rings. The Morgan fingerprint density at radius 3 is 1.96 bits per heavy atom. The normalized spacial score (nSPS) is 13.5. The van der Waals surface area contributed by atoms with Gasteiger partial charge in [0, 0.05) is 10.9 Å². The molecule has 26 heavy (non-hydrogen) atoms. The summed E-state index contributed by atoms with van der Waals surface area (Å²) in [5.41, 5.74) is 3.15. The number of para-hydroxylation sites is 1. The average molecular weight is 339 g/mol. The molecule has 1 aromatic heterocycles. The fourth-order valence-electron chi connectivity index (χ4n) is 3.32. The quantitative estimate of drug-likeness (QED) is 0.488. The van der Waals surface area contributed by atoms with Gasteiger partial charge in [-0.05, 0) is 48.5 Å². The van der Waals surface area contributed by atoms with E-state index in [0.29, 0.717) is 16.8 Å². The lowest BCUT2D eigenvalue weighted by Gasteiger charge is -2.14. The number of nitrogens with zero attached hydrogens (tertiary/aromatic N) is 1. The molecule has 0 radical (unpaired) electrons. The Morgan fingerprint density at radius 1 is 0.692 bits per heavy atom. The predicted molar refractivity (Wildman–Crippen MR) is 99.2 cm³/mol. The SMILES string of the molecule is O=C1c2ccccc2C(=O)N1c1ccc(-c2cc3ccccc3o2)cc1. The smallest absolute Gasteiger partial charge is 0.266 e. The molecule has 3 aromatic carbocycles. The second-order valence-corrected chi connectivity index (χ2v) is 6.19. The number of benzene rings is 3. The highest BCUT2D eigenvalue weighted by Crippen LogP contribution is 2.32. The van der Waals surface area contributed by atoms with E-state index < -0.39 is 0 Å². The second-order valence-electron chi connectivity index (χ2n) is 6.19. The van der Waals surface area contributed by atoms with Crippen LogP contribution < -0.4 is 4.90 Å². The molecule has 4 nitrogen and oxygen atoms in total. The maximum absolute atomic E-state index is 12.6. The van der Waals surface area contributed by atoms with E-state index in [0.717, 1.165) is 22.3 Å². The van der Waals surface area contributed by atoms with Gasteiger partial charge in [0.05, 0.1) is 16.8 Å². The Hall–Kier alpha value is -3.66. The van der Waals surface area contributed by atoms with Crippen LogP contribution in [-0.4, -0.2) is 11.8 Å². The van der Waals surface area contributed by atoms with E-state index in [-0.39, 0.29) is 11.8 Å². The van der Waals surface area contributed by atoms with E-state index in [1.165, 1.54) is 4.90 Å². The van der Waals surface area contributed by atoms with Crippen LogP contribution in [0.1, 0.15) is 20.7 Å². The van der Waals surface area contributed by atoms with Gasteiger partial charge in [0.1, 0.15) is 11.3 Å². The summed E-state index contributed by atoms with van der Waals surface area (Å²) in [7, 11) is 0. The van der Waals surface area contributed by atoms with E-state index >= 15 is 0 Å². The zero-order valence-electron chi connectivity index (χ0n) is 13.7. The van der Waals surface area contributed by atoms with Gasteiger partial charge in [0.2, 0.25) is 0 Å². The van der Waals surface area contributed by atoms with Crippen molar-refractivity contribution in [2.75, 3.05) is 4.90 Å². The fourth-order valence-corrected chi connectivity index (χ4v) is 3.32.